The summed E-state index contributed by atoms with van der Waals surface area (Å²) in [5.41, 5.74) is 8.92. The zero-order valence-corrected chi connectivity index (χ0v) is 19.7. The first-order chi connectivity index (χ1) is 16.9. The number of likely N-dealkylation sites (N-methyl/N-ethyl adjacent to an activating group) is 1. The van der Waals surface area contributed by atoms with Crippen LogP contribution in [-0.2, 0) is 4.74 Å². The van der Waals surface area contributed by atoms with E-state index in [1.54, 1.807) is 33.8 Å². The third kappa shape index (κ3) is 4.92. The van der Waals surface area contributed by atoms with Crippen LogP contribution >= 0.6 is 0 Å². The molecule has 1 saturated heterocycles. The molecule has 2 fully saturated rings. The van der Waals surface area contributed by atoms with Crippen LogP contribution in [-0.4, -0.2) is 82.8 Å². The van der Waals surface area contributed by atoms with Gasteiger partial charge in [0.1, 0.15) is 5.82 Å². The van der Waals surface area contributed by atoms with Crippen LogP contribution in [0.5, 0.6) is 0 Å². The number of hydrogen-bond acceptors (Lipinski definition) is 9. The van der Waals surface area contributed by atoms with Gasteiger partial charge >= 0.3 is 6.09 Å². The number of benzene rings is 1. The lowest BCUT2D eigenvalue weighted by Gasteiger charge is -2.32. The van der Waals surface area contributed by atoms with Crippen molar-refractivity contribution in [1.82, 2.24) is 24.4 Å². The molecule has 5 rings (SSSR count). The van der Waals surface area contributed by atoms with Gasteiger partial charge in [0.05, 0.1) is 30.2 Å². The number of methoxy groups -OCH3 is 1. The number of piperazine rings is 1. The number of amides is 2. The largest absolute Gasteiger partial charge is 0.453 e. The molecule has 3 aromatic rings. The number of nitrogens with zero attached hydrogens (tertiary/aromatic N) is 5. The van der Waals surface area contributed by atoms with Gasteiger partial charge in [-0.05, 0) is 38.1 Å². The van der Waals surface area contributed by atoms with Gasteiger partial charge in [-0.3, -0.25) is 10.1 Å². The number of carbonyl (C=O) groups is 2. The number of nitrogens with two attached hydrogens (primary N) is 1. The van der Waals surface area contributed by atoms with Gasteiger partial charge in [0.25, 0.3) is 5.91 Å². The highest BCUT2D eigenvalue weighted by Gasteiger charge is 2.25. The van der Waals surface area contributed by atoms with Crippen molar-refractivity contribution in [3.8, 4) is 0 Å². The Balaban J connectivity index is 1.44. The van der Waals surface area contributed by atoms with E-state index in [0.717, 1.165) is 31.6 Å². The minimum atomic E-state index is -0.656. The lowest BCUT2D eigenvalue weighted by Crippen LogP contribution is -2.47. The molecule has 0 radical (unpaired) electrons. The van der Waals surface area contributed by atoms with Gasteiger partial charge in [0.15, 0.2) is 11.5 Å². The second-order valence-corrected chi connectivity index (χ2v) is 8.88. The molecule has 2 aliphatic rings. The molecule has 184 valence electrons. The molecule has 2 aromatic heterocycles. The van der Waals surface area contributed by atoms with Gasteiger partial charge in [0.2, 0.25) is 0 Å². The summed E-state index contributed by atoms with van der Waals surface area (Å²) in [4.78, 5) is 33.6. The molecular formula is C23H29N9O3. The van der Waals surface area contributed by atoms with E-state index < -0.39 is 6.09 Å². The van der Waals surface area contributed by atoms with E-state index in [2.05, 4.69) is 30.9 Å². The molecule has 1 aliphatic heterocycles. The normalized spacial score (nSPS) is 16.2. The standard InChI is InChI=1S/C23H29N9O3/c1-30-7-9-31(10-8-30)22(33)16-6-5-15(11-17(16)28-23(34)35-2)27-20-12-18(26-14-3-4-14)21-25-13-19(24)32(21)29-20/h5-6,11-14,26H,3-4,7-10,24H2,1-2H3,(H,27,29)(H,28,34). The maximum absolute atomic E-state index is 13.2. The van der Waals surface area contributed by atoms with E-state index in [1.165, 1.54) is 7.11 Å². The van der Waals surface area contributed by atoms with E-state index in [9.17, 15) is 9.59 Å². The van der Waals surface area contributed by atoms with E-state index in [-0.39, 0.29) is 5.91 Å². The molecule has 0 spiro atoms. The third-order valence-corrected chi connectivity index (χ3v) is 6.17. The molecule has 1 aromatic carbocycles. The van der Waals surface area contributed by atoms with Crippen LogP contribution in [0.15, 0.2) is 30.5 Å². The van der Waals surface area contributed by atoms with Crippen molar-refractivity contribution in [2.24, 2.45) is 0 Å². The average molecular weight is 480 g/mol. The maximum atomic E-state index is 13.2. The highest BCUT2D eigenvalue weighted by molar-refractivity contribution is 6.03. The number of carbonyl (C=O) groups excluding carboxylic acids is 2. The first-order valence-corrected chi connectivity index (χ1v) is 11.6. The topological polar surface area (TPSA) is 142 Å². The number of imidazole rings is 1. The van der Waals surface area contributed by atoms with Crippen molar-refractivity contribution in [1.29, 1.82) is 0 Å². The monoisotopic (exact) mass is 479 g/mol. The molecule has 12 nitrogen and oxygen atoms in total. The molecule has 0 unspecified atom stereocenters. The predicted molar refractivity (Wildman–Crippen MR) is 133 cm³/mol. The predicted octanol–water partition coefficient (Wildman–Crippen LogP) is 2.20. The summed E-state index contributed by atoms with van der Waals surface area (Å²) in [6, 6.07) is 7.46. The van der Waals surface area contributed by atoms with Crippen molar-refractivity contribution in [2.75, 3.05) is 62.0 Å². The molecule has 3 heterocycles. The van der Waals surface area contributed by atoms with Crippen molar-refractivity contribution < 1.29 is 14.3 Å². The highest BCUT2D eigenvalue weighted by Crippen LogP contribution is 2.31. The van der Waals surface area contributed by atoms with Gasteiger partial charge in [-0.15, -0.1) is 5.10 Å². The fourth-order valence-corrected chi connectivity index (χ4v) is 4.00. The SMILES string of the molecule is COC(=O)Nc1cc(Nc2cc(NC3CC3)c3ncc(N)n3n2)ccc1C(=O)N1CCN(C)CC1. The molecule has 12 heteroatoms. The molecule has 0 atom stereocenters. The van der Waals surface area contributed by atoms with Crippen LogP contribution in [0.2, 0.25) is 0 Å². The van der Waals surface area contributed by atoms with Crippen molar-refractivity contribution in [3.05, 3.63) is 36.0 Å². The molecule has 1 saturated carbocycles. The number of fused-ring (bicyclic) bond motifs is 1. The Kier molecular flexibility index (Phi) is 6.03. The number of aromatic nitrogens is 3. The van der Waals surface area contributed by atoms with E-state index in [1.807, 2.05) is 13.1 Å². The van der Waals surface area contributed by atoms with Crippen LogP contribution in [0.3, 0.4) is 0 Å². The molecule has 1 aliphatic carbocycles. The highest BCUT2D eigenvalue weighted by atomic mass is 16.5. The Morgan fingerprint density at radius 2 is 1.89 bits per heavy atom. The number of hydrogen-bond donors (Lipinski definition) is 4. The first-order valence-electron chi connectivity index (χ1n) is 11.6. The first kappa shape index (κ1) is 22.7. The number of anilines is 5. The number of nitrogen functional groups attached to an aromatic ring is 1. The summed E-state index contributed by atoms with van der Waals surface area (Å²) in [7, 11) is 3.31. The van der Waals surface area contributed by atoms with Crippen LogP contribution in [0.4, 0.5) is 33.5 Å². The molecular weight excluding hydrogens is 450 g/mol. The summed E-state index contributed by atoms with van der Waals surface area (Å²) in [6.45, 7) is 2.85. The molecule has 0 bridgehead atoms. The Labute approximate surface area is 202 Å². The van der Waals surface area contributed by atoms with E-state index in [4.69, 9.17) is 10.5 Å². The van der Waals surface area contributed by atoms with E-state index >= 15 is 0 Å². The lowest BCUT2D eigenvalue weighted by molar-refractivity contribution is 0.0665. The van der Waals surface area contributed by atoms with Gasteiger partial charge in [-0.1, -0.05) is 0 Å². The lowest BCUT2D eigenvalue weighted by atomic mass is 10.1. The maximum Gasteiger partial charge on any atom is 0.411 e. The van der Waals surface area contributed by atoms with Gasteiger partial charge in [-0.25, -0.2) is 9.78 Å². The molecule has 5 N–H and O–H groups in total. The third-order valence-electron chi connectivity index (χ3n) is 6.17. The minimum absolute atomic E-state index is 0.141. The molecule has 35 heavy (non-hydrogen) atoms. The van der Waals surface area contributed by atoms with Gasteiger partial charge in [0, 0.05) is 44.0 Å². The average Bonchev–Trinajstić information content (AvgIpc) is 3.59. The van der Waals surface area contributed by atoms with Crippen LogP contribution in [0.25, 0.3) is 5.65 Å². The number of nitrogens with one attached hydrogen (secondary N) is 3. The van der Waals surface area contributed by atoms with Gasteiger partial charge in [-0.2, -0.15) is 4.52 Å². The van der Waals surface area contributed by atoms with Crippen LogP contribution in [0, 0.1) is 0 Å². The quantitative estimate of drug-likeness (QED) is 0.418. The fraction of sp³-hybridized carbons (Fsp3) is 0.391. The van der Waals surface area contributed by atoms with Crippen LogP contribution < -0.4 is 21.7 Å². The summed E-state index contributed by atoms with van der Waals surface area (Å²) in [6.07, 6.45) is 3.13. The Morgan fingerprint density at radius 1 is 1.11 bits per heavy atom. The van der Waals surface area contributed by atoms with E-state index in [0.29, 0.717) is 53.4 Å². The fourth-order valence-electron chi connectivity index (χ4n) is 4.00. The Morgan fingerprint density at radius 3 is 2.60 bits per heavy atom. The summed E-state index contributed by atoms with van der Waals surface area (Å²) in [5.74, 6) is 0.814. The zero-order valence-electron chi connectivity index (χ0n) is 19.7. The smallest absolute Gasteiger partial charge is 0.411 e. The second kappa shape index (κ2) is 9.29. The molecule has 2 amide bonds. The summed E-state index contributed by atoms with van der Waals surface area (Å²) in [5, 5.41) is 13.9. The van der Waals surface area contributed by atoms with Crippen molar-refractivity contribution in [2.45, 2.75) is 18.9 Å². The Bertz CT molecular complexity index is 1260. The van der Waals surface area contributed by atoms with Crippen molar-refractivity contribution in [3.63, 3.8) is 0 Å². The summed E-state index contributed by atoms with van der Waals surface area (Å²) < 4.78 is 6.35. The van der Waals surface area contributed by atoms with Gasteiger partial charge < -0.3 is 30.9 Å². The minimum Gasteiger partial charge on any atom is -0.453 e. The number of rotatable bonds is 6. The van der Waals surface area contributed by atoms with Crippen molar-refractivity contribution >= 4 is 46.3 Å². The van der Waals surface area contributed by atoms with Crippen LogP contribution in [0.1, 0.15) is 23.2 Å². The second-order valence-electron chi connectivity index (χ2n) is 8.88. The Hall–Kier alpha value is -4.06. The summed E-state index contributed by atoms with van der Waals surface area (Å²) >= 11 is 0. The number of ether oxygens (including phenoxy) is 1. The zero-order chi connectivity index (χ0) is 24.5.